The molecule has 0 amide bonds. The van der Waals surface area contributed by atoms with Crippen LogP contribution in [0.15, 0.2) is 30.3 Å². The minimum atomic E-state index is -0.826. The van der Waals surface area contributed by atoms with Crippen molar-refractivity contribution in [3.8, 4) is 0 Å². The molecule has 0 saturated carbocycles. The van der Waals surface area contributed by atoms with E-state index < -0.39 is 20.8 Å². The first kappa shape index (κ1) is 13.4. The SMILES string of the molecule is CCc1cccc2[cH-]c(C)cc12.[Cl][Zr][Cl]. The second-order valence-corrected chi connectivity index (χ2v) is 7.11. The van der Waals surface area contributed by atoms with Crippen LogP contribution < -0.4 is 0 Å². The molecule has 0 fully saturated rings. The molecule has 0 aromatic heterocycles. The van der Waals surface area contributed by atoms with Crippen molar-refractivity contribution in [3.63, 3.8) is 0 Å². The number of benzene rings is 1. The standard InChI is InChI=1S/C12H13.2ClH.Zr/c1-3-10-5-4-6-11-7-9(2)8-12(10)11;;;/h4-8H,3H2,1-2H3;2*1H;/q-1;;;+2/p-2. The fourth-order valence-corrected chi connectivity index (χ4v) is 1.76. The van der Waals surface area contributed by atoms with Gasteiger partial charge in [0.2, 0.25) is 0 Å². The quantitative estimate of drug-likeness (QED) is 0.662. The van der Waals surface area contributed by atoms with E-state index in [1.807, 2.05) is 0 Å². The molecular formula is C12H13Cl2Zr-. The van der Waals surface area contributed by atoms with Gasteiger partial charge in [-0.2, -0.15) is 6.07 Å². The summed E-state index contributed by atoms with van der Waals surface area (Å²) in [4.78, 5) is 0. The van der Waals surface area contributed by atoms with Crippen LogP contribution in [0, 0.1) is 6.92 Å². The molecule has 0 N–H and O–H groups in total. The average Bonchev–Trinajstić information content (AvgIpc) is 2.58. The Morgan fingerprint density at radius 1 is 1.33 bits per heavy atom. The summed E-state index contributed by atoms with van der Waals surface area (Å²) in [6.45, 7) is 4.36. The van der Waals surface area contributed by atoms with Gasteiger partial charge in [0.1, 0.15) is 0 Å². The van der Waals surface area contributed by atoms with Crippen LogP contribution in [0.4, 0.5) is 0 Å². The maximum absolute atomic E-state index is 4.93. The second kappa shape index (κ2) is 6.79. The third kappa shape index (κ3) is 3.66. The van der Waals surface area contributed by atoms with E-state index in [4.69, 9.17) is 17.0 Å². The van der Waals surface area contributed by atoms with Gasteiger partial charge in [0.25, 0.3) is 0 Å². The number of rotatable bonds is 1. The first-order valence-electron chi connectivity index (χ1n) is 4.84. The summed E-state index contributed by atoms with van der Waals surface area (Å²) in [6, 6.07) is 11.0. The van der Waals surface area contributed by atoms with Crippen LogP contribution in [0.2, 0.25) is 0 Å². The Morgan fingerprint density at radius 3 is 2.60 bits per heavy atom. The molecule has 0 bridgehead atoms. The van der Waals surface area contributed by atoms with Gasteiger partial charge in [-0.25, -0.2) is 0 Å². The number of aryl methyl sites for hydroxylation is 2. The average molecular weight is 319 g/mol. The molecule has 0 unspecified atom stereocenters. The van der Waals surface area contributed by atoms with Crippen LogP contribution in [-0.2, 0) is 27.3 Å². The molecule has 0 aliphatic carbocycles. The van der Waals surface area contributed by atoms with Crippen LogP contribution in [0.3, 0.4) is 0 Å². The molecule has 0 saturated heterocycles. The number of hydrogen-bond acceptors (Lipinski definition) is 0. The van der Waals surface area contributed by atoms with Crippen molar-refractivity contribution in [1.82, 2.24) is 0 Å². The molecule has 0 atom stereocenters. The predicted molar refractivity (Wildman–Crippen MR) is 65.4 cm³/mol. The topological polar surface area (TPSA) is 0 Å². The van der Waals surface area contributed by atoms with Gasteiger partial charge in [-0.05, 0) is 6.42 Å². The first-order valence-corrected chi connectivity index (χ1v) is 11.2. The zero-order valence-electron chi connectivity index (χ0n) is 8.85. The Labute approximate surface area is 110 Å². The van der Waals surface area contributed by atoms with Gasteiger partial charge in [0.15, 0.2) is 0 Å². The van der Waals surface area contributed by atoms with Crippen molar-refractivity contribution >= 4 is 27.8 Å². The van der Waals surface area contributed by atoms with Crippen LogP contribution >= 0.6 is 17.0 Å². The molecule has 15 heavy (non-hydrogen) atoms. The first-order chi connectivity index (χ1) is 7.22. The van der Waals surface area contributed by atoms with E-state index in [1.54, 1.807) is 0 Å². The van der Waals surface area contributed by atoms with E-state index in [2.05, 4.69) is 44.2 Å². The summed E-state index contributed by atoms with van der Waals surface area (Å²) in [5, 5.41) is 2.81. The molecule has 2 rings (SSSR count). The molecule has 80 valence electrons. The van der Waals surface area contributed by atoms with E-state index in [9.17, 15) is 0 Å². The fourth-order valence-electron chi connectivity index (χ4n) is 1.76. The summed E-state index contributed by atoms with van der Waals surface area (Å²) in [6.07, 6.45) is 1.13. The van der Waals surface area contributed by atoms with Gasteiger partial charge in [0.05, 0.1) is 0 Å². The number of hydrogen-bond donors (Lipinski definition) is 0. The summed E-state index contributed by atoms with van der Waals surface area (Å²) in [5.74, 6) is 0. The van der Waals surface area contributed by atoms with E-state index in [0.717, 1.165) is 6.42 Å². The van der Waals surface area contributed by atoms with Crippen LogP contribution in [-0.4, -0.2) is 0 Å². The Hall–Kier alpha value is 0.293. The monoisotopic (exact) mass is 317 g/mol. The van der Waals surface area contributed by atoms with Gasteiger partial charge >= 0.3 is 37.9 Å². The molecule has 0 nitrogen and oxygen atoms in total. The summed E-state index contributed by atoms with van der Waals surface area (Å²) >= 11 is -0.826. The molecule has 0 heterocycles. The molecule has 2 aromatic rings. The van der Waals surface area contributed by atoms with E-state index in [1.165, 1.54) is 21.9 Å². The summed E-state index contributed by atoms with van der Waals surface area (Å²) in [7, 11) is 9.87. The Kier molecular flexibility index (Phi) is 6.04. The molecule has 0 aliphatic rings. The third-order valence-corrected chi connectivity index (χ3v) is 2.37. The van der Waals surface area contributed by atoms with Gasteiger partial charge in [-0.15, -0.1) is 34.5 Å². The molecule has 0 spiro atoms. The van der Waals surface area contributed by atoms with Crippen LogP contribution in [0.1, 0.15) is 18.1 Å². The van der Waals surface area contributed by atoms with Gasteiger partial charge in [-0.3, -0.25) is 0 Å². The van der Waals surface area contributed by atoms with E-state index in [0.29, 0.717) is 0 Å². The third-order valence-electron chi connectivity index (χ3n) is 2.37. The van der Waals surface area contributed by atoms with Crippen molar-refractivity contribution < 1.29 is 20.8 Å². The molecule has 3 heteroatoms. The molecule has 2 aromatic carbocycles. The summed E-state index contributed by atoms with van der Waals surface area (Å²) in [5.41, 5.74) is 2.83. The van der Waals surface area contributed by atoms with Crippen LogP contribution in [0.5, 0.6) is 0 Å². The van der Waals surface area contributed by atoms with Crippen molar-refractivity contribution in [2.45, 2.75) is 20.3 Å². The number of halogens is 2. The molecule has 0 aliphatic heterocycles. The second-order valence-electron chi connectivity index (χ2n) is 3.38. The Bertz CT molecular complexity index is 420. The summed E-state index contributed by atoms with van der Waals surface area (Å²) < 4.78 is 0. The van der Waals surface area contributed by atoms with E-state index >= 15 is 0 Å². The van der Waals surface area contributed by atoms with Crippen molar-refractivity contribution in [2.24, 2.45) is 0 Å². The van der Waals surface area contributed by atoms with Gasteiger partial charge in [-0.1, -0.05) is 25.5 Å². The van der Waals surface area contributed by atoms with Crippen molar-refractivity contribution in [1.29, 1.82) is 0 Å². The zero-order chi connectivity index (χ0) is 11.3. The normalized spacial score (nSPS) is 9.60. The van der Waals surface area contributed by atoms with Gasteiger partial charge < -0.3 is 0 Å². The Balaban J connectivity index is 0.000000337. The van der Waals surface area contributed by atoms with Gasteiger partial charge in [0, 0.05) is 0 Å². The molecule has 0 radical (unpaired) electrons. The number of fused-ring (bicyclic) bond motifs is 1. The van der Waals surface area contributed by atoms with E-state index in [-0.39, 0.29) is 0 Å². The van der Waals surface area contributed by atoms with Crippen molar-refractivity contribution in [3.05, 3.63) is 41.5 Å². The predicted octanol–water partition coefficient (Wildman–Crippen LogP) is 4.81. The van der Waals surface area contributed by atoms with Crippen LogP contribution in [0.25, 0.3) is 10.8 Å². The fraction of sp³-hybridized carbons (Fsp3) is 0.250. The maximum atomic E-state index is 4.93. The zero-order valence-corrected chi connectivity index (χ0v) is 12.8. The Morgan fingerprint density at radius 2 is 2.00 bits per heavy atom. The van der Waals surface area contributed by atoms with Crippen molar-refractivity contribution in [2.75, 3.05) is 0 Å². The minimum absolute atomic E-state index is 0.826. The molecular weight excluding hydrogens is 306 g/mol.